The lowest BCUT2D eigenvalue weighted by Crippen LogP contribution is -2.36. The highest BCUT2D eigenvalue weighted by molar-refractivity contribution is 5.89. The van der Waals surface area contributed by atoms with E-state index in [1.54, 1.807) is 32.3 Å². The molecule has 1 aromatic heterocycles. The molecule has 156 valence electrons. The van der Waals surface area contributed by atoms with Gasteiger partial charge in [-0.1, -0.05) is 36.4 Å². The summed E-state index contributed by atoms with van der Waals surface area (Å²) in [5.74, 6) is 0.404. The fourth-order valence-electron chi connectivity index (χ4n) is 3.01. The molecule has 7 nitrogen and oxygen atoms in total. The number of benzene rings is 2. The molecule has 7 heteroatoms. The maximum Gasteiger partial charge on any atom is 0.338 e. The summed E-state index contributed by atoms with van der Waals surface area (Å²) in [5, 5.41) is 10.9. The van der Waals surface area contributed by atoms with Crippen molar-refractivity contribution < 1.29 is 9.53 Å². The van der Waals surface area contributed by atoms with Gasteiger partial charge in [-0.05, 0) is 41.8 Å². The number of aliphatic imine (C=N–C) groups is 1. The average molecular weight is 406 g/mol. The highest BCUT2D eigenvalue weighted by Crippen LogP contribution is 2.10. The van der Waals surface area contributed by atoms with Crippen molar-refractivity contribution in [3.05, 3.63) is 89.2 Å². The minimum atomic E-state index is -0.303. The number of carbonyl (C=O) groups is 1. The van der Waals surface area contributed by atoms with Gasteiger partial charge in [0.15, 0.2) is 5.96 Å². The van der Waals surface area contributed by atoms with E-state index in [-0.39, 0.29) is 5.97 Å². The molecular formula is C23H27N5O2. The average Bonchev–Trinajstić information content (AvgIpc) is 3.28. The van der Waals surface area contributed by atoms with Gasteiger partial charge in [0.05, 0.1) is 18.7 Å². The zero-order chi connectivity index (χ0) is 21.2. The van der Waals surface area contributed by atoms with Crippen LogP contribution in [-0.4, -0.2) is 35.4 Å². The van der Waals surface area contributed by atoms with Gasteiger partial charge in [0.2, 0.25) is 0 Å². The minimum Gasteiger partial charge on any atom is -0.462 e. The van der Waals surface area contributed by atoms with Crippen molar-refractivity contribution in [1.82, 2.24) is 20.4 Å². The second kappa shape index (κ2) is 10.8. The smallest absolute Gasteiger partial charge is 0.338 e. The number of esters is 1. The van der Waals surface area contributed by atoms with E-state index in [0.29, 0.717) is 31.2 Å². The summed E-state index contributed by atoms with van der Waals surface area (Å²) in [7, 11) is 1.74. The van der Waals surface area contributed by atoms with Crippen LogP contribution in [0.5, 0.6) is 0 Å². The monoisotopic (exact) mass is 405 g/mol. The van der Waals surface area contributed by atoms with E-state index in [4.69, 9.17) is 4.74 Å². The third-order valence-corrected chi connectivity index (χ3v) is 4.60. The molecule has 0 spiro atoms. The number of guanidine groups is 1. The van der Waals surface area contributed by atoms with Crippen LogP contribution in [0, 0.1) is 0 Å². The van der Waals surface area contributed by atoms with Crippen LogP contribution in [0.1, 0.15) is 34.0 Å². The molecule has 0 fully saturated rings. The molecule has 0 aliphatic rings. The van der Waals surface area contributed by atoms with Crippen molar-refractivity contribution in [3.63, 3.8) is 0 Å². The number of ether oxygens (including phenoxy) is 1. The molecule has 0 saturated carbocycles. The number of carbonyl (C=O) groups excluding carboxylic acids is 1. The van der Waals surface area contributed by atoms with E-state index in [1.807, 2.05) is 41.2 Å². The molecule has 0 amide bonds. The second-order valence-corrected chi connectivity index (χ2v) is 6.67. The van der Waals surface area contributed by atoms with Crippen LogP contribution in [0.3, 0.4) is 0 Å². The summed E-state index contributed by atoms with van der Waals surface area (Å²) in [4.78, 5) is 16.0. The van der Waals surface area contributed by atoms with Crippen molar-refractivity contribution in [2.75, 3.05) is 13.7 Å². The molecule has 0 unspecified atom stereocenters. The van der Waals surface area contributed by atoms with Gasteiger partial charge < -0.3 is 15.4 Å². The first kappa shape index (κ1) is 21.1. The summed E-state index contributed by atoms with van der Waals surface area (Å²) >= 11 is 0. The van der Waals surface area contributed by atoms with Gasteiger partial charge in [-0.2, -0.15) is 5.10 Å². The number of rotatable bonds is 8. The molecule has 0 saturated heterocycles. The topological polar surface area (TPSA) is 80.5 Å². The van der Waals surface area contributed by atoms with E-state index in [0.717, 1.165) is 12.1 Å². The summed E-state index contributed by atoms with van der Waals surface area (Å²) in [6, 6.07) is 17.6. The van der Waals surface area contributed by atoms with E-state index in [1.165, 1.54) is 11.1 Å². The Labute approximate surface area is 176 Å². The standard InChI is InChI=1S/C23H27N5O2/c1-3-30-22(29)19-11-9-18(10-12-19)15-25-23(24-2)26-16-20-7-4-5-8-21(20)17-28-14-6-13-27-28/h4-14H,3,15-17H2,1-2H3,(H2,24,25,26). The van der Waals surface area contributed by atoms with Gasteiger partial charge in [-0.25, -0.2) is 4.79 Å². The van der Waals surface area contributed by atoms with Gasteiger partial charge in [0.1, 0.15) is 0 Å². The highest BCUT2D eigenvalue weighted by atomic mass is 16.5. The summed E-state index contributed by atoms with van der Waals surface area (Å²) in [6.07, 6.45) is 3.74. The number of nitrogens with one attached hydrogen (secondary N) is 2. The lowest BCUT2D eigenvalue weighted by Gasteiger charge is -2.14. The third-order valence-electron chi connectivity index (χ3n) is 4.60. The SMILES string of the molecule is CCOC(=O)c1ccc(CNC(=NC)NCc2ccccc2Cn2cccn2)cc1. The number of aromatic nitrogens is 2. The highest BCUT2D eigenvalue weighted by Gasteiger charge is 2.07. The Morgan fingerprint density at radius 3 is 2.43 bits per heavy atom. The Kier molecular flexibility index (Phi) is 7.60. The fourth-order valence-corrected chi connectivity index (χ4v) is 3.01. The summed E-state index contributed by atoms with van der Waals surface area (Å²) in [6.45, 7) is 4.14. The van der Waals surface area contributed by atoms with Crippen LogP contribution in [-0.2, 0) is 24.4 Å². The Balaban J connectivity index is 1.54. The largest absolute Gasteiger partial charge is 0.462 e. The molecule has 1 heterocycles. The molecular weight excluding hydrogens is 378 g/mol. The van der Waals surface area contributed by atoms with Crippen molar-refractivity contribution >= 4 is 11.9 Å². The van der Waals surface area contributed by atoms with Gasteiger partial charge >= 0.3 is 5.97 Å². The van der Waals surface area contributed by atoms with Crippen molar-refractivity contribution in [2.24, 2.45) is 4.99 Å². The van der Waals surface area contributed by atoms with Crippen LogP contribution in [0.4, 0.5) is 0 Å². The first-order chi connectivity index (χ1) is 14.7. The molecule has 30 heavy (non-hydrogen) atoms. The van der Waals surface area contributed by atoms with Crippen LogP contribution in [0.2, 0.25) is 0 Å². The van der Waals surface area contributed by atoms with Gasteiger partial charge in [-0.15, -0.1) is 0 Å². The molecule has 0 radical (unpaired) electrons. The molecule has 3 rings (SSSR count). The third kappa shape index (κ3) is 5.94. The molecule has 0 aliphatic carbocycles. The van der Waals surface area contributed by atoms with Crippen molar-refractivity contribution in [2.45, 2.75) is 26.6 Å². The van der Waals surface area contributed by atoms with Gasteiger partial charge in [-0.3, -0.25) is 9.67 Å². The fraction of sp³-hybridized carbons (Fsp3) is 0.261. The Morgan fingerprint density at radius 2 is 1.77 bits per heavy atom. The quantitative estimate of drug-likeness (QED) is 0.342. The maximum absolute atomic E-state index is 11.7. The number of hydrogen-bond acceptors (Lipinski definition) is 4. The van der Waals surface area contributed by atoms with E-state index in [9.17, 15) is 4.79 Å². The van der Waals surface area contributed by atoms with Crippen molar-refractivity contribution in [1.29, 1.82) is 0 Å². The Hall–Kier alpha value is -3.61. The minimum absolute atomic E-state index is 0.303. The van der Waals surface area contributed by atoms with E-state index in [2.05, 4.69) is 32.9 Å². The maximum atomic E-state index is 11.7. The normalized spacial score (nSPS) is 11.2. The predicted molar refractivity (Wildman–Crippen MR) is 117 cm³/mol. The number of hydrogen-bond donors (Lipinski definition) is 2. The molecule has 0 atom stereocenters. The van der Waals surface area contributed by atoms with Crippen LogP contribution < -0.4 is 10.6 Å². The van der Waals surface area contributed by atoms with Gasteiger partial charge in [0, 0.05) is 32.5 Å². The summed E-state index contributed by atoms with van der Waals surface area (Å²) in [5.41, 5.74) is 4.00. The predicted octanol–water partition coefficient (Wildman–Crippen LogP) is 2.97. The molecule has 2 aromatic carbocycles. The second-order valence-electron chi connectivity index (χ2n) is 6.67. The first-order valence-electron chi connectivity index (χ1n) is 9.94. The zero-order valence-corrected chi connectivity index (χ0v) is 17.3. The Morgan fingerprint density at radius 1 is 1.03 bits per heavy atom. The summed E-state index contributed by atoms with van der Waals surface area (Å²) < 4.78 is 6.92. The van der Waals surface area contributed by atoms with E-state index < -0.39 is 0 Å². The molecule has 2 N–H and O–H groups in total. The molecule has 0 bridgehead atoms. The molecule has 0 aliphatic heterocycles. The lowest BCUT2D eigenvalue weighted by atomic mass is 10.1. The van der Waals surface area contributed by atoms with Crippen LogP contribution in [0.25, 0.3) is 0 Å². The molecule has 3 aromatic rings. The lowest BCUT2D eigenvalue weighted by molar-refractivity contribution is 0.0526. The Bertz CT molecular complexity index is 966. The van der Waals surface area contributed by atoms with Crippen LogP contribution in [0.15, 0.2) is 72.0 Å². The number of nitrogens with zero attached hydrogens (tertiary/aromatic N) is 3. The zero-order valence-electron chi connectivity index (χ0n) is 17.3. The van der Waals surface area contributed by atoms with E-state index >= 15 is 0 Å². The first-order valence-corrected chi connectivity index (χ1v) is 9.94. The van der Waals surface area contributed by atoms with Gasteiger partial charge in [0.25, 0.3) is 0 Å². The van der Waals surface area contributed by atoms with Crippen molar-refractivity contribution in [3.8, 4) is 0 Å². The van der Waals surface area contributed by atoms with Crippen LogP contribution >= 0.6 is 0 Å².